The van der Waals surface area contributed by atoms with E-state index in [1.807, 2.05) is 39.0 Å². The topological polar surface area (TPSA) is 103 Å². The van der Waals surface area contributed by atoms with E-state index in [1.54, 1.807) is 48.5 Å². The number of carbonyl (C=O) groups excluding carboxylic acids is 3. The summed E-state index contributed by atoms with van der Waals surface area (Å²) in [5.74, 6) is 0.629. The van der Waals surface area contributed by atoms with Gasteiger partial charge in [0.05, 0.1) is 13.0 Å². The summed E-state index contributed by atoms with van der Waals surface area (Å²) in [6, 6.07) is 19.7. The van der Waals surface area contributed by atoms with E-state index >= 15 is 0 Å². The molecule has 0 atom stereocenters. The van der Waals surface area contributed by atoms with Crippen molar-refractivity contribution >= 4 is 29.2 Å². The summed E-state index contributed by atoms with van der Waals surface area (Å²) in [6.07, 6.45) is -0.212. The smallest absolute Gasteiger partial charge is 0.306 e. The molecule has 8 heteroatoms. The van der Waals surface area contributed by atoms with Crippen LogP contribution in [0.1, 0.15) is 30.9 Å². The van der Waals surface area contributed by atoms with E-state index in [2.05, 4.69) is 10.6 Å². The molecule has 3 rings (SSSR count). The van der Waals surface area contributed by atoms with Crippen LogP contribution >= 0.6 is 0 Å². The lowest BCUT2D eigenvalue weighted by Crippen LogP contribution is -2.21. The number of benzene rings is 3. The first-order valence-corrected chi connectivity index (χ1v) is 11.7. The number of hydrogen-bond acceptors (Lipinski definition) is 6. The van der Waals surface area contributed by atoms with Gasteiger partial charge in [-0.3, -0.25) is 14.4 Å². The average Bonchev–Trinajstić information content (AvgIpc) is 2.86. The number of carbonyl (C=O) groups is 3. The molecule has 0 bridgehead atoms. The van der Waals surface area contributed by atoms with Crippen molar-refractivity contribution in [3.8, 4) is 17.2 Å². The van der Waals surface area contributed by atoms with Gasteiger partial charge < -0.3 is 24.8 Å². The molecule has 0 saturated heterocycles. The van der Waals surface area contributed by atoms with Gasteiger partial charge in [-0.05, 0) is 92.6 Å². The molecular weight excluding hydrogens is 460 g/mol. The van der Waals surface area contributed by atoms with Gasteiger partial charge in [-0.15, -0.1) is 0 Å². The minimum absolute atomic E-state index is 0.0692. The Morgan fingerprint density at radius 1 is 0.694 bits per heavy atom. The summed E-state index contributed by atoms with van der Waals surface area (Å²) in [5.41, 5.74) is 3.47. The number of rotatable bonds is 11. The second-order valence-corrected chi connectivity index (χ2v) is 8.09. The third-order valence-electron chi connectivity index (χ3n) is 5.22. The zero-order chi connectivity index (χ0) is 25.9. The normalized spacial score (nSPS) is 10.3. The average molecular weight is 491 g/mol. The van der Waals surface area contributed by atoms with Gasteiger partial charge in [-0.1, -0.05) is 6.07 Å². The molecule has 0 aliphatic carbocycles. The van der Waals surface area contributed by atoms with Gasteiger partial charge in [0.2, 0.25) is 5.91 Å². The molecule has 0 saturated carbocycles. The largest absolute Gasteiger partial charge is 0.494 e. The Balaban J connectivity index is 1.36. The maximum absolute atomic E-state index is 12.2. The number of nitrogens with one attached hydrogen (secondary N) is 2. The Morgan fingerprint density at radius 2 is 1.28 bits per heavy atom. The van der Waals surface area contributed by atoms with Crippen molar-refractivity contribution in [3.05, 3.63) is 77.9 Å². The van der Waals surface area contributed by atoms with Crippen LogP contribution in [0.25, 0.3) is 0 Å². The molecular formula is C28H30N2O6. The Kier molecular flexibility index (Phi) is 9.45. The van der Waals surface area contributed by atoms with E-state index < -0.39 is 18.5 Å². The first-order valence-electron chi connectivity index (χ1n) is 11.7. The van der Waals surface area contributed by atoms with Crippen molar-refractivity contribution in [1.29, 1.82) is 0 Å². The van der Waals surface area contributed by atoms with E-state index in [9.17, 15) is 14.4 Å². The van der Waals surface area contributed by atoms with Gasteiger partial charge in [-0.2, -0.15) is 0 Å². The summed E-state index contributed by atoms with van der Waals surface area (Å²) >= 11 is 0. The second kappa shape index (κ2) is 12.9. The van der Waals surface area contributed by atoms with Gasteiger partial charge in [0.1, 0.15) is 17.2 Å². The number of anilines is 2. The predicted molar refractivity (Wildman–Crippen MR) is 137 cm³/mol. The third kappa shape index (κ3) is 8.47. The van der Waals surface area contributed by atoms with E-state index in [-0.39, 0.29) is 18.7 Å². The van der Waals surface area contributed by atoms with Crippen molar-refractivity contribution in [1.82, 2.24) is 0 Å². The monoisotopic (exact) mass is 490 g/mol. The molecule has 0 aliphatic rings. The number of amides is 2. The molecule has 188 valence electrons. The minimum Gasteiger partial charge on any atom is -0.494 e. The standard InChI is InChI=1S/C28H30N2O6/c1-4-34-23-11-6-22(7-12-23)30-27(32)18-35-28(33)16-15-26(31)29-21-8-13-24(14-9-21)36-25-10-5-19(2)20(3)17-25/h5-14,17H,4,15-16,18H2,1-3H3,(H,29,31)(H,30,32). The van der Waals surface area contributed by atoms with E-state index in [0.29, 0.717) is 29.5 Å². The Bertz CT molecular complexity index is 1190. The fourth-order valence-corrected chi connectivity index (χ4v) is 3.18. The van der Waals surface area contributed by atoms with Crippen molar-refractivity contribution < 1.29 is 28.6 Å². The van der Waals surface area contributed by atoms with Crippen molar-refractivity contribution in [2.45, 2.75) is 33.6 Å². The molecule has 2 N–H and O–H groups in total. The van der Waals surface area contributed by atoms with Crippen LogP contribution in [-0.2, 0) is 19.1 Å². The molecule has 0 radical (unpaired) electrons. The van der Waals surface area contributed by atoms with Gasteiger partial charge in [0.15, 0.2) is 6.61 Å². The van der Waals surface area contributed by atoms with Gasteiger partial charge in [-0.25, -0.2) is 0 Å². The lowest BCUT2D eigenvalue weighted by Gasteiger charge is -2.10. The lowest BCUT2D eigenvalue weighted by atomic mass is 10.1. The van der Waals surface area contributed by atoms with Crippen LogP contribution in [0.3, 0.4) is 0 Å². The quantitative estimate of drug-likeness (QED) is 0.349. The molecule has 0 spiro atoms. The van der Waals surface area contributed by atoms with Crippen LogP contribution in [0.5, 0.6) is 17.2 Å². The zero-order valence-electron chi connectivity index (χ0n) is 20.6. The molecule has 0 fully saturated rings. The highest BCUT2D eigenvalue weighted by Crippen LogP contribution is 2.25. The summed E-state index contributed by atoms with van der Waals surface area (Å²) < 4.78 is 16.1. The molecule has 2 amide bonds. The molecule has 0 aliphatic heterocycles. The first-order chi connectivity index (χ1) is 17.3. The maximum atomic E-state index is 12.2. The molecule has 8 nitrogen and oxygen atoms in total. The Morgan fingerprint density at radius 3 is 1.89 bits per heavy atom. The van der Waals surface area contributed by atoms with E-state index in [4.69, 9.17) is 14.2 Å². The van der Waals surface area contributed by atoms with Crippen LogP contribution in [0, 0.1) is 13.8 Å². The van der Waals surface area contributed by atoms with Gasteiger partial charge in [0.25, 0.3) is 5.91 Å². The fourth-order valence-electron chi connectivity index (χ4n) is 3.18. The highest BCUT2D eigenvalue weighted by Gasteiger charge is 2.11. The summed E-state index contributed by atoms with van der Waals surface area (Å²) in [4.78, 5) is 36.1. The molecule has 0 unspecified atom stereocenters. The highest BCUT2D eigenvalue weighted by molar-refractivity contribution is 5.94. The predicted octanol–water partition coefficient (Wildman–Crippen LogP) is 5.40. The number of esters is 1. The van der Waals surface area contributed by atoms with Crippen LogP contribution in [-0.4, -0.2) is 31.0 Å². The molecule has 36 heavy (non-hydrogen) atoms. The summed E-state index contributed by atoms with van der Waals surface area (Å²) in [5, 5.41) is 5.35. The lowest BCUT2D eigenvalue weighted by molar-refractivity contribution is -0.147. The van der Waals surface area contributed by atoms with Gasteiger partial charge in [0, 0.05) is 17.8 Å². The zero-order valence-corrected chi connectivity index (χ0v) is 20.6. The Hall–Kier alpha value is -4.33. The Labute approximate surface area is 210 Å². The van der Waals surface area contributed by atoms with Crippen molar-refractivity contribution in [2.24, 2.45) is 0 Å². The number of hydrogen-bond donors (Lipinski definition) is 2. The molecule has 3 aromatic carbocycles. The van der Waals surface area contributed by atoms with Crippen molar-refractivity contribution in [2.75, 3.05) is 23.8 Å². The fraction of sp³-hybridized carbons (Fsp3) is 0.250. The summed E-state index contributed by atoms with van der Waals surface area (Å²) in [6.45, 7) is 6.06. The van der Waals surface area contributed by atoms with Crippen LogP contribution < -0.4 is 20.1 Å². The van der Waals surface area contributed by atoms with Gasteiger partial charge >= 0.3 is 5.97 Å². The molecule has 3 aromatic rings. The molecule has 0 heterocycles. The molecule has 0 aromatic heterocycles. The minimum atomic E-state index is -0.635. The highest BCUT2D eigenvalue weighted by atomic mass is 16.5. The van der Waals surface area contributed by atoms with E-state index in [0.717, 1.165) is 11.3 Å². The van der Waals surface area contributed by atoms with Crippen LogP contribution in [0.2, 0.25) is 0 Å². The van der Waals surface area contributed by atoms with Crippen LogP contribution in [0.4, 0.5) is 11.4 Å². The number of ether oxygens (including phenoxy) is 3. The number of aryl methyl sites for hydroxylation is 2. The van der Waals surface area contributed by atoms with Crippen LogP contribution in [0.15, 0.2) is 66.7 Å². The van der Waals surface area contributed by atoms with E-state index in [1.165, 1.54) is 5.56 Å². The SMILES string of the molecule is CCOc1ccc(NC(=O)COC(=O)CCC(=O)Nc2ccc(Oc3ccc(C)c(C)c3)cc2)cc1. The summed E-state index contributed by atoms with van der Waals surface area (Å²) in [7, 11) is 0. The maximum Gasteiger partial charge on any atom is 0.306 e. The van der Waals surface area contributed by atoms with Crippen molar-refractivity contribution in [3.63, 3.8) is 0 Å². The first kappa shape index (κ1) is 26.3. The second-order valence-electron chi connectivity index (χ2n) is 8.09. The third-order valence-corrected chi connectivity index (χ3v) is 5.22.